The first-order valence-corrected chi connectivity index (χ1v) is 8.99. The summed E-state index contributed by atoms with van der Waals surface area (Å²) in [4.78, 5) is 21.2. The second-order valence-corrected chi connectivity index (χ2v) is 6.50. The van der Waals surface area contributed by atoms with Crippen molar-refractivity contribution in [3.63, 3.8) is 0 Å². The van der Waals surface area contributed by atoms with Crippen LogP contribution in [0.25, 0.3) is 21.9 Å². The van der Waals surface area contributed by atoms with Crippen molar-refractivity contribution in [1.82, 2.24) is 19.9 Å². The number of imidazole rings is 1. The lowest BCUT2D eigenvalue weighted by molar-refractivity contribution is 0.0953. The van der Waals surface area contributed by atoms with E-state index >= 15 is 0 Å². The topological polar surface area (TPSA) is 85.8 Å². The summed E-state index contributed by atoms with van der Waals surface area (Å²) in [5.74, 6) is 1.29. The van der Waals surface area contributed by atoms with E-state index in [2.05, 4.69) is 19.9 Å². The average molecular weight is 359 g/mol. The van der Waals surface area contributed by atoms with Gasteiger partial charge in [-0.1, -0.05) is 36.4 Å². The van der Waals surface area contributed by atoms with E-state index in [1.807, 2.05) is 61.5 Å². The zero-order chi connectivity index (χ0) is 18.8. The molecule has 0 unspecified atom stereocenters. The summed E-state index contributed by atoms with van der Waals surface area (Å²) in [6, 6.07) is 17.2. The highest BCUT2D eigenvalue weighted by atomic mass is 16.1. The fourth-order valence-corrected chi connectivity index (χ4v) is 3.37. The van der Waals surface area contributed by atoms with Gasteiger partial charge in [-0.25, -0.2) is 9.97 Å². The number of para-hydroxylation sites is 1. The van der Waals surface area contributed by atoms with Gasteiger partial charge in [-0.2, -0.15) is 0 Å². The van der Waals surface area contributed by atoms with E-state index in [4.69, 9.17) is 5.73 Å². The number of benzene rings is 2. The minimum atomic E-state index is -0.0540. The van der Waals surface area contributed by atoms with Crippen molar-refractivity contribution in [3.8, 4) is 0 Å². The summed E-state index contributed by atoms with van der Waals surface area (Å²) >= 11 is 0. The summed E-state index contributed by atoms with van der Waals surface area (Å²) in [7, 11) is 0. The van der Waals surface area contributed by atoms with Crippen LogP contribution in [0, 0.1) is 6.92 Å². The zero-order valence-electron chi connectivity index (χ0n) is 15.1. The maximum absolute atomic E-state index is 12.1. The van der Waals surface area contributed by atoms with E-state index in [1.54, 1.807) is 0 Å². The second-order valence-electron chi connectivity index (χ2n) is 6.50. The van der Waals surface area contributed by atoms with E-state index in [-0.39, 0.29) is 5.91 Å². The molecule has 0 aliphatic carbocycles. The van der Waals surface area contributed by atoms with Crippen LogP contribution < -0.4 is 11.1 Å². The van der Waals surface area contributed by atoms with Crippen LogP contribution in [-0.2, 0) is 6.54 Å². The molecule has 1 amide bonds. The Morgan fingerprint density at radius 2 is 1.81 bits per heavy atom. The average Bonchev–Trinajstić information content (AvgIpc) is 3.03. The number of anilines is 1. The Bertz CT molecular complexity index is 1120. The number of carbonyl (C=O) groups is 1. The quantitative estimate of drug-likeness (QED) is 0.535. The smallest absolute Gasteiger partial charge is 0.251 e. The number of pyridine rings is 1. The number of carbonyl (C=O) groups excluding carboxylic acids is 1. The van der Waals surface area contributed by atoms with Crippen LogP contribution in [0.5, 0.6) is 0 Å². The highest BCUT2D eigenvalue weighted by Crippen LogP contribution is 2.28. The van der Waals surface area contributed by atoms with E-state index in [0.29, 0.717) is 17.9 Å². The van der Waals surface area contributed by atoms with E-state index in [1.165, 1.54) is 0 Å². The molecule has 0 spiro atoms. The van der Waals surface area contributed by atoms with Crippen LogP contribution in [0.15, 0.2) is 54.6 Å². The SMILES string of the molecule is Cc1nc2c(N)nc3ccccc3c2n1CCCNC(=O)c1ccccc1. The molecule has 6 nitrogen and oxygen atoms in total. The number of nitrogens with two attached hydrogens (primary N) is 1. The van der Waals surface area contributed by atoms with Crippen molar-refractivity contribution in [3.05, 3.63) is 66.0 Å². The molecule has 0 aliphatic rings. The molecule has 4 rings (SSSR count). The van der Waals surface area contributed by atoms with Crippen LogP contribution in [-0.4, -0.2) is 27.0 Å². The summed E-state index contributed by atoms with van der Waals surface area (Å²) in [6.45, 7) is 3.30. The number of nitrogen functional groups attached to an aromatic ring is 1. The lowest BCUT2D eigenvalue weighted by atomic mass is 10.2. The summed E-state index contributed by atoms with van der Waals surface area (Å²) in [5, 5.41) is 4.01. The van der Waals surface area contributed by atoms with E-state index < -0.39 is 0 Å². The van der Waals surface area contributed by atoms with Gasteiger partial charge in [0.2, 0.25) is 0 Å². The first kappa shape index (κ1) is 17.0. The monoisotopic (exact) mass is 359 g/mol. The van der Waals surface area contributed by atoms with Crippen LogP contribution in [0.2, 0.25) is 0 Å². The molecular weight excluding hydrogens is 338 g/mol. The second kappa shape index (κ2) is 7.07. The standard InChI is InChI=1S/C21H21N5O/c1-14-24-18-19(16-10-5-6-11-17(16)25-20(18)22)26(14)13-7-12-23-21(27)15-8-3-2-4-9-15/h2-6,8-11H,7,12-13H2,1H3,(H2,22,25)(H,23,27). The van der Waals surface area contributed by atoms with Crippen molar-refractivity contribution < 1.29 is 4.79 Å². The third-order valence-electron chi connectivity index (χ3n) is 4.68. The van der Waals surface area contributed by atoms with Crippen molar-refractivity contribution in [1.29, 1.82) is 0 Å². The maximum Gasteiger partial charge on any atom is 0.251 e. The Balaban J connectivity index is 1.54. The Kier molecular flexibility index (Phi) is 4.46. The number of amides is 1. The van der Waals surface area contributed by atoms with Crippen molar-refractivity contribution >= 4 is 33.7 Å². The highest BCUT2D eigenvalue weighted by molar-refractivity contribution is 6.06. The minimum absolute atomic E-state index is 0.0540. The van der Waals surface area contributed by atoms with Gasteiger partial charge >= 0.3 is 0 Å². The predicted octanol–water partition coefficient (Wildman–Crippen LogP) is 3.30. The fraction of sp³-hybridized carbons (Fsp3) is 0.190. The number of aromatic nitrogens is 3. The van der Waals surface area contributed by atoms with Crippen molar-refractivity contribution in [2.75, 3.05) is 12.3 Å². The minimum Gasteiger partial charge on any atom is -0.382 e. The van der Waals surface area contributed by atoms with Gasteiger partial charge < -0.3 is 15.6 Å². The Morgan fingerprint density at radius 1 is 1.07 bits per heavy atom. The maximum atomic E-state index is 12.1. The van der Waals surface area contributed by atoms with Gasteiger partial charge in [0, 0.05) is 24.0 Å². The molecule has 0 saturated heterocycles. The van der Waals surface area contributed by atoms with Gasteiger partial charge in [0.25, 0.3) is 5.91 Å². The normalized spacial score (nSPS) is 11.1. The third-order valence-corrected chi connectivity index (χ3v) is 4.68. The number of hydrogen-bond acceptors (Lipinski definition) is 4. The number of aryl methyl sites for hydroxylation is 2. The van der Waals surface area contributed by atoms with Gasteiger partial charge in [0.1, 0.15) is 11.3 Å². The van der Waals surface area contributed by atoms with Gasteiger partial charge in [-0.05, 0) is 31.5 Å². The first-order chi connectivity index (χ1) is 13.1. The molecule has 136 valence electrons. The van der Waals surface area contributed by atoms with Gasteiger partial charge in [0.15, 0.2) is 5.82 Å². The van der Waals surface area contributed by atoms with Crippen LogP contribution >= 0.6 is 0 Å². The molecule has 0 radical (unpaired) electrons. The summed E-state index contributed by atoms with van der Waals surface area (Å²) in [5.41, 5.74) is 9.39. The molecule has 4 aromatic rings. The molecule has 0 saturated carbocycles. The van der Waals surface area contributed by atoms with Crippen LogP contribution in [0.3, 0.4) is 0 Å². The number of nitrogens with one attached hydrogen (secondary N) is 1. The van der Waals surface area contributed by atoms with E-state index in [0.717, 1.165) is 40.7 Å². The number of rotatable bonds is 5. The molecule has 0 atom stereocenters. The number of hydrogen-bond donors (Lipinski definition) is 2. The first-order valence-electron chi connectivity index (χ1n) is 8.99. The Hall–Kier alpha value is -3.41. The van der Waals surface area contributed by atoms with Crippen molar-refractivity contribution in [2.24, 2.45) is 0 Å². The largest absolute Gasteiger partial charge is 0.382 e. The number of fused-ring (bicyclic) bond motifs is 3. The summed E-state index contributed by atoms with van der Waals surface area (Å²) < 4.78 is 2.16. The van der Waals surface area contributed by atoms with Crippen LogP contribution in [0.4, 0.5) is 5.82 Å². The summed E-state index contributed by atoms with van der Waals surface area (Å²) in [6.07, 6.45) is 0.793. The Labute approximate surface area is 157 Å². The molecule has 6 heteroatoms. The molecule has 0 bridgehead atoms. The van der Waals surface area contributed by atoms with Gasteiger partial charge in [0.05, 0.1) is 11.0 Å². The lowest BCUT2D eigenvalue weighted by Gasteiger charge is -2.10. The molecule has 27 heavy (non-hydrogen) atoms. The van der Waals surface area contributed by atoms with Gasteiger partial charge in [-0.15, -0.1) is 0 Å². The molecule has 0 aliphatic heterocycles. The molecule has 0 fully saturated rings. The predicted molar refractivity (Wildman–Crippen MR) is 108 cm³/mol. The number of nitrogens with zero attached hydrogens (tertiary/aromatic N) is 3. The van der Waals surface area contributed by atoms with E-state index in [9.17, 15) is 4.79 Å². The molecule has 2 aromatic heterocycles. The van der Waals surface area contributed by atoms with Crippen LogP contribution in [0.1, 0.15) is 22.6 Å². The third kappa shape index (κ3) is 3.21. The Morgan fingerprint density at radius 3 is 2.63 bits per heavy atom. The molecular formula is C21H21N5O. The molecule has 2 heterocycles. The van der Waals surface area contributed by atoms with Gasteiger partial charge in [-0.3, -0.25) is 4.79 Å². The molecule has 2 aromatic carbocycles. The lowest BCUT2D eigenvalue weighted by Crippen LogP contribution is -2.25. The molecule has 3 N–H and O–H groups in total. The zero-order valence-corrected chi connectivity index (χ0v) is 15.1. The highest BCUT2D eigenvalue weighted by Gasteiger charge is 2.14. The van der Waals surface area contributed by atoms with Crippen molar-refractivity contribution in [2.45, 2.75) is 19.9 Å². The fourth-order valence-electron chi connectivity index (χ4n) is 3.37.